The Labute approximate surface area is 83.1 Å². The molecule has 74 valence electrons. The van der Waals surface area contributed by atoms with Crippen LogP contribution in [0.25, 0.3) is 0 Å². The molecule has 0 radical (unpaired) electrons. The van der Waals surface area contributed by atoms with E-state index in [2.05, 4.69) is 11.9 Å². The van der Waals surface area contributed by atoms with Crippen LogP contribution in [0.3, 0.4) is 0 Å². The molecule has 0 atom stereocenters. The fourth-order valence-corrected chi connectivity index (χ4v) is 1.24. The van der Waals surface area contributed by atoms with Crippen LogP contribution in [0.5, 0.6) is 5.75 Å². The van der Waals surface area contributed by atoms with Crippen LogP contribution in [0.1, 0.15) is 12.5 Å². The summed E-state index contributed by atoms with van der Waals surface area (Å²) in [5.74, 6) is 0.0251. The van der Waals surface area contributed by atoms with Gasteiger partial charge in [-0.15, -0.1) is 6.58 Å². The predicted molar refractivity (Wildman–Crippen MR) is 56.3 cm³/mol. The lowest BCUT2D eigenvalue weighted by Gasteiger charge is -2.09. The summed E-state index contributed by atoms with van der Waals surface area (Å²) in [7, 11) is 0. The first-order valence-electron chi connectivity index (χ1n) is 4.34. The quantitative estimate of drug-likeness (QED) is 0.718. The number of amides is 1. The number of hydrogen-bond donors (Lipinski definition) is 2. The molecule has 0 fully saturated rings. The third kappa shape index (κ3) is 2.36. The largest absolute Gasteiger partial charge is 0.508 e. The monoisotopic (exact) mass is 191 g/mol. The number of carbonyl (C=O) groups is 1. The Morgan fingerprint density at radius 3 is 2.93 bits per heavy atom. The molecule has 0 bridgehead atoms. The number of nitrogens with one attached hydrogen (secondary N) is 1. The van der Waals surface area contributed by atoms with E-state index in [1.165, 1.54) is 6.92 Å². The molecule has 0 heterocycles. The molecule has 1 aromatic rings. The number of hydrogen-bond acceptors (Lipinski definition) is 2. The van der Waals surface area contributed by atoms with E-state index in [4.69, 9.17) is 0 Å². The number of anilines is 1. The smallest absolute Gasteiger partial charge is 0.221 e. The summed E-state index contributed by atoms with van der Waals surface area (Å²) in [6.45, 7) is 5.03. The molecule has 14 heavy (non-hydrogen) atoms. The minimum absolute atomic E-state index is 0.152. The summed E-state index contributed by atoms with van der Waals surface area (Å²) in [5.41, 5.74) is 1.33. The second kappa shape index (κ2) is 4.46. The van der Waals surface area contributed by atoms with Crippen molar-refractivity contribution in [2.24, 2.45) is 0 Å². The SMILES string of the molecule is C=CCc1c(O)cccc1NC(C)=O. The van der Waals surface area contributed by atoms with Crippen molar-refractivity contribution in [2.45, 2.75) is 13.3 Å². The Morgan fingerprint density at radius 1 is 1.64 bits per heavy atom. The summed E-state index contributed by atoms with van der Waals surface area (Å²) < 4.78 is 0. The van der Waals surface area contributed by atoms with Crippen LogP contribution in [-0.4, -0.2) is 11.0 Å². The molecule has 1 aromatic carbocycles. The zero-order valence-electron chi connectivity index (χ0n) is 8.08. The molecular formula is C11H13NO2. The van der Waals surface area contributed by atoms with Gasteiger partial charge >= 0.3 is 0 Å². The molecular weight excluding hydrogens is 178 g/mol. The lowest BCUT2D eigenvalue weighted by atomic mass is 10.1. The molecule has 0 aliphatic heterocycles. The van der Waals surface area contributed by atoms with E-state index in [1.54, 1.807) is 24.3 Å². The van der Waals surface area contributed by atoms with Gasteiger partial charge in [0.05, 0.1) is 0 Å². The van der Waals surface area contributed by atoms with Gasteiger partial charge in [0.2, 0.25) is 5.91 Å². The molecule has 0 saturated carbocycles. The fourth-order valence-electron chi connectivity index (χ4n) is 1.24. The van der Waals surface area contributed by atoms with Crippen LogP contribution in [0.4, 0.5) is 5.69 Å². The highest BCUT2D eigenvalue weighted by atomic mass is 16.3. The van der Waals surface area contributed by atoms with Crippen LogP contribution in [0.15, 0.2) is 30.9 Å². The Hall–Kier alpha value is -1.77. The standard InChI is InChI=1S/C11H13NO2/c1-3-5-9-10(12-8(2)13)6-4-7-11(9)14/h3-4,6-7,14H,1,5H2,2H3,(H,12,13). The highest BCUT2D eigenvalue weighted by Crippen LogP contribution is 2.25. The van der Waals surface area contributed by atoms with E-state index in [1.807, 2.05) is 0 Å². The van der Waals surface area contributed by atoms with Crippen LogP contribution in [0, 0.1) is 0 Å². The Kier molecular flexibility index (Phi) is 3.29. The first-order valence-corrected chi connectivity index (χ1v) is 4.34. The third-order valence-corrected chi connectivity index (χ3v) is 1.81. The van der Waals surface area contributed by atoms with Crippen molar-refractivity contribution in [2.75, 3.05) is 5.32 Å². The third-order valence-electron chi connectivity index (χ3n) is 1.81. The minimum atomic E-state index is -0.152. The van der Waals surface area contributed by atoms with Crippen molar-refractivity contribution in [3.05, 3.63) is 36.4 Å². The van der Waals surface area contributed by atoms with Crippen molar-refractivity contribution in [3.63, 3.8) is 0 Å². The molecule has 0 unspecified atom stereocenters. The normalized spacial score (nSPS) is 9.50. The number of allylic oxidation sites excluding steroid dienone is 1. The van der Waals surface area contributed by atoms with Gasteiger partial charge in [0.25, 0.3) is 0 Å². The topological polar surface area (TPSA) is 49.3 Å². The highest BCUT2D eigenvalue weighted by molar-refractivity contribution is 5.90. The summed E-state index contributed by atoms with van der Waals surface area (Å²) in [4.78, 5) is 10.9. The summed E-state index contributed by atoms with van der Waals surface area (Å²) >= 11 is 0. The Balaban J connectivity index is 3.06. The van der Waals surface area contributed by atoms with Crippen LogP contribution < -0.4 is 5.32 Å². The first kappa shape index (κ1) is 10.3. The van der Waals surface area contributed by atoms with Crippen molar-refractivity contribution in [1.29, 1.82) is 0 Å². The summed E-state index contributed by atoms with van der Waals surface area (Å²) in [6, 6.07) is 5.03. The van der Waals surface area contributed by atoms with Crippen LogP contribution >= 0.6 is 0 Å². The van der Waals surface area contributed by atoms with E-state index in [-0.39, 0.29) is 11.7 Å². The first-order chi connectivity index (χ1) is 6.65. The van der Waals surface area contributed by atoms with E-state index < -0.39 is 0 Å². The van der Waals surface area contributed by atoms with E-state index in [0.29, 0.717) is 17.7 Å². The van der Waals surface area contributed by atoms with E-state index in [9.17, 15) is 9.90 Å². The molecule has 0 saturated heterocycles. The Bertz CT molecular complexity index is 358. The molecule has 0 spiro atoms. The number of phenolic OH excluding ortho intramolecular Hbond substituents is 1. The number of phenols is 1. The minimum Gasteiger partial charge on any atom is -0.508 e. The summed E-state index contributed by atoms with van der Waals surface area (Å²) in [6.07, 6.45) is 2.21. The molecule has 3 nitrogen and oxygen atoms in total. The van der Waals surface area contributed by atoms with Gasteiger partial charge in [-0.25, -0.2) is 0 Å². The van der Waals surface area contributed by atoms with E-state index >= 15 is 0 Å². The average Bonchev–Trinajstić information content (AvgIpc) is 2.10. The van der Waals surface area contributed by atoms with Gasteiger partial charge < -0.3 is 10.4 Å². The van der Waals surface area contributed by atoms with Gasteiger partial charge in [0, 0.05) is 18.2 Å². The lowest BCUT2D eigenvalue weighted by molar-refractivity contribution is -0.114. The maximum Gasteiger partial charge on any atom is 0.221 e. The van der Waals surface area contributed by atoms with Gasteiger partial charge in [-0.1, -0.05) is 12.1 Å². The second-order valence-corrected chi connectivity index (χ2v) is 2.98. The van der Waals surface area contributed by atoms with Gasteiger partial charge in [0.15, 0.2) is 0 Å². The van der Waals surface area contributed by atoms with Gasteiger partial charge in [-0.2, -0.15) is 0 Å². The van der Waals surface area contributed by atoms with Gasteiger partial charge in [0.1, 0.15) is 5.75 Å². The maximum atomic E-state index is 10.9. The van der Waals surface area contributed by atoms with Crippen molar-refractivity contribution >= 4 is 11.6 Å². The fraction of sp³-hybridized carbons (Fsp3) is 0.182. The highest BCUT2D eigenvalue weighted by Gasteiger charge is 2.06. The molecule has 1 amide bonds. The molecule has 1 rings (SSSR count). The number of rotatable bonds is 3. The Morgan fingerprint density at radius 2 is 2.36 bits per heavy atom. The van der Waals surface area contributed by atoms with Crippen molar-refractivity contribution in [1.82, 2.24) is 0 Å². The number of aromatic hydroxyl groups is 1. The maximum absolute atomic E-state index is 10.9. The molecule has 0 aliphatic rings. The zero-order valence-corrected chi connectivity index (χ0v) is 8.08. The molecule has 2 N–H and O–H groups in total. The van der Waals surface area contributed by atoms with Gasteiger partial charge in [-0.3, -0.25) is 4.79 Å². The number of benzene rings is 1. The van der Waals surface area contributed by atoms with Crippen molar-refractivity contribution in [3.8, 4) is 5.75 Å². The predicted octanol–water partition coefficient (Wildman–Crippen LogP) is 2.08. The van der Waals surface area contributed by atoms with Crippen molar-refractivity contribution < 1.29 is 9.90 Å². The van der Waals surface area contributed by atoms with Crippen LogP contribution in [0.2, 0.25) is 0 Å². The van der Waals surface area contributed by atoms with Crippen LogP contribution in [-0.2, 0) is 11.2 Å². The zero-order chi connectivity index (χ0) is 10.6. The molecule has 3 heteroatoms. The van der Waals surface area contributed by atoms with Gasteiger partial charge in [-0.05, 0) is 18.6 Å². The van der Waals surface area contributed by atoms with E-state index in [0.717, 1.165) is 0 Å². The lowest BCUT2D eigenvalue weighted by Crippen LogP contribution is -2.07. The molecule has 0 aromatic heterocycles. The number of carbonyl (C=O) groups excluding carboxylic acids is 1. The average molecular weight is 191 g/mol. The summed E-state index contributed by atoms with van der Waals surface area (Å²) in [5, 5.41) is 12.2. The molecule has 0 aliphatic carbocycles. The second-order valence-electron chi connectivity index (χ2n) is 2.98.